The molecular weight excluding hydrogens is 366 g/mol. The number of hydrogen-bond acceptors (Lipinski definition) is 5. The first-order valence-corrected chi connectivity index (χ1v) is 8.57. The van der Waals surface area contributed by atoms with E-state index in [4.69, 9.17) is 25.8 Å². The van der Waals surface area contributed by atoms with E-state index in [0.717, 1.165) is 16.6 Å². The maximum absolute atomic E-state index is 11.4. The first-order chi connectivity index (χ1) is 13.0. The average Bonchev–Trinajstić information content (AvgIpc) is 2.66. The third-order valence-corrected chi connectivity index (χ3v) is 4.09. The quantitative estimate of drug-likeness (QED) is 0.458. The number of rotatable bonds is 5. The lowest BCUT2D eigenvalue weighted by Gasteiger charge is -2.11. The fourth-order valence-corrected chi connectivity index (χ4v) is 2.90. The number of para-hydroxylation sites is 1. The van der Waals surface area contributed by atoms with Crippen LogP contribution in [-0.2, 0) is 4.79 Å². The van der Waals surface area contributed by atoms with Crippen LogP contribution in [0.1, 0.15) is 18.2 Å². The van der Waals surface area contributed by atoms with Gasteiger partial charge in [-0.05, 0) is 30.4 Å². The first-order valence-electron chi connectivity index (χ1n) is 8.19. The molecule has 0 aliphatic heterocycles. The molecule has 2 aromatic carbocycles. The van der Waals surface area contributed by atoms with Crippen LogP contribution in [0.5, 0.6) is 17.2 Å². The van der Waals surface area contributed by atoms with E-state index in [1.807, 2.05) is 36.4 Å². The molecule has 0 spiro atoms. The SMILES string of the molecule is COc1cc(Cl)cc(C=Cc2ccc3cccc(OC)c3n2)c1OC(C)=O. The van der Waals surface area contributed by atoms with Gasteiger partial charge in [0.25, 0.3) is 0 Å². The smallest absolute Gasteiger partial charge is 0.308 e. The lowest BCUT2D eigenvalue weighted by molar-refractivity contribution is -0.132. The van der Waals surface area contributed by atoms with Crippen molar-refractivity contribution in [2.75, 3.05) is 14.2 Å². The molecule has 0 bridgehead atoms. The van der Waals surface area contributed by atoms with Crippen LogP contribution >= 0.6 is 11.6 Å². The lowest BCUT2D eigenvalue weighted by Crippen LogP contribution is -2.04. The highest BCUT2D eigenvalue weighted by Crippen LogP contribution is 2.36. The summed E-state index contributed by atoms with van der Waals surface area (Å²) in [6.45, 7) is 1.33. The van der Waals surface area contributed by atoms with Gasteiger partial charge in [0.2, 0.25) is 0 Å². The van der Waals surface area contributed by atoms with E-state index in [2.05, 4.69) is 4.98 Å². The third-order valence-electron chi connectivity index (χ3n) is 3.87. The Morgan fingerprint density at radius 2 is 1.81 bits per heavy atom. The van der Waals surface area contributed by atoms with Crippen molar-refractivity contribution >= 4 is 40.6 Å². The van der Waals surface area contributed by atoms with Crippen LogP contribution in [0.25, 0.3) is 23.1 Å². The summed E-state index contributed by atoms with van der Waals surface area (Å²) in [7, 11) is 3.10. The summed E-state index contributed by atoms with van der Waals surface area (Å²) in [5, 5.41) is 1.45. The van der Waals surface area contributed by atoms with Crippen molar-refractivity contribution in [2.24, 2.45) is 0 Å². The highest BCUT2D eigenvalue weighted by molar-refractivity contribution is 6.31. The minimum Gasteiger partial charge on any atom is -0.494 e. The number of ether oxygens (including phenoxy) is 3. The van der Waals surface area contributed by atoms with E-state index >= 15 is 0 Å². The summed E-state index contributed by atoms with van der Waals surface area (Å²) >= 11 is 6.15. The van der Waals surface area contributed by atoms with E-state index in [9.17, 15) is 4.79 Å². The van der Waals surface area contributed by atoms with Gasteiger partial charge in [0.05, 0.1) is 19.9 Å². The Morgan fingerprint density at radius 1 is 1.04 bits per heavy atom. The molecule has 0 saturated heterocycles. The Morgan fingerprint density at radius 3 is 2.52 bits per heavy atom. The van der Waals surface area contributed by atoms with Crippen molar-refractivity contribution in [1.29, 1.82) is 0 Å². The van der Waals surface area contributed by atoms with E-state index in [1.54, 1.807) is 25.3 Å². The number of hydrogen-bond donors (Lipinski definition) is 0. The van der Waals surface area contributed by atoms with Crippen LogP contribution in [-0.4, -0.2) is 25.2 Å². The molecular formula is C21H18ClNO4. The normalized spacial score (nSPS) is 11.0. The molecule has 0 aliphatic carbocycles. The summed E-state index contributed by atoms with van der Waals surface area (Å²) in [5.74, 6) is 0.945. The van der Waals surface area contributed by atoms with Crippen LogP contribution in [0, 0.1) is 0 Å². The zero-order valence-electron chi connectivity index (χ0n) is 15.2. The standard InChI is InChI=1S/C21H18ClNO4/c1-13(24)27-21-15(11-16(22)12-19(21)26-3)8-10-17-9-7-14-5-4-6-18(25-2)20(14)23-17/h4-12H,1-3H3. The molecule has 1 heterocycles. The molecule has 3 aromatic rings. The molecule has 1 aromatic heterocycles. The van der Waals surface area contributed by atoms with E-state index < -0.39 is 5.97 Å². The zero-order valence-corrected chi connectivity index (χ0v) is 15.9. The summed E-state index contributed by atoms with van der Waals surface area (Å²) in [5.41, 5.74) is 2.10. The Kier molecular flexibility index (Phi) is 5.62. The number of benzene rings is 2. The predicted octanol–water partition coefficient (Wildman–Crippen LogP) is 5.00. The molecule has 0 unspecified atom stereocenters. The summed E-state index contributed by atoms with van der Waals surface area (Å²) in [4.78, 5) is 16.1. The van der Waals surface area contributed by atoms with Crippen molar-refractivity contribution in [1.82, 2.24) is 4.98 Å². The van der Waals surface area contributed by atoms with Crippen molar-refractivity contribution in [2.45, 2.75) is 6.92 Å². The van der Waals surface area contributed by atoms with Gasteiger partial charge in [0.1, 0.15) is 11.3 Å². The Hall–Kier alpha value is -3.05. The van der Waals surface area contributed by atoms with Crippen molar-refractivity contribution in [3.63, 3.8) is 0 Å². The van der Waals surface area contributed by atoms with Crippen LogP contribution in [0.4, 0.5) is 0 Å². The molecule has 6 heteroatoms. The first kappa shape index (κ1) is 18.7. The second-order valence-electron chi connectivity index (χ2n) is 5.72. The predicted molar refractivity (Wildman–Crippen MR) is 107 cm³/mol. The third kappa shape index (κ3) is 4.20. The molecule has 0 radical (unpaired) electrons. The molecule has 5 nitrogen and oxygen atoms in total. The fraction of sp³-hybridized carbons (Fsp3) is 0.143. The van der Waals surface area contributed by atoms with Gasteiger partial charge in [-0.15, -0.1) is 0 Å². The van der Waals surface area contributed by atoms with Gasteiger partial charge in [-0.3, -0.25) is 4.79 Å². The minimum atomic E-state index is -0.446. The number of aromatic nitrogens is 1. The molecule has 0 fully saturated rings. The number of methoxy groups -OCH3 is 2. The van der Waals surface area contributed by atoms with Gasteiger partial charge in [0.15, 0.2) is 11.5 Å². The van der Waals surface area contributed by atoms with Gasteiger partial charge in [-0.1, -0.05) is 29.8 Å². The van der Waals surface area contributed by atoms with Crippen LogP contribution in [0.3, 0.4) is 0 Å². The topological polar surface area (TPSA) is 57.6 Å². The maximum Gasteiger partial charge on any atom is 0.308 e. The molecule has 3 rings (SSSR count). The number of halogens is 1. The Bertz CT molecular complexity index is 1030. The number of nitrogens with zero attached hydrogens (tertiary/aromatic N) is 1. The highest BCUT2D eigenvalue weighted by atomic mass is 35.5. The molecule has 0 saturated carbocycles. The molecule has 138 valence electrons. The van der Waals surface area contributed by atoms with Crippen LogP contribution in [0.2, 0.25) is 5.02 Å². The van der Waals surface area contributed by atoms with Gasteiger partial charge in [-0.2, -0.15) is 0 Å². The van der Waals surface area contributed by atoms with Crippen molar-refractivity contribution in [3.05, 3.63) is 58.7 Å². The fourth-order valence-electron chi connectivity index (χ4n) is 2.68. The molecule has 27 heavy (non-hydrogen) atoms. The Labute approximate surface area is 162 Å². The maximum atomic E-state index is 11.4. The van der Waals surface area contributed by atoms with Crippen LogP contribution in [0.15, 0.2) is 42.5 Å². The number of esters is 1. The van der Waals surface area contributed by atoms with Crippen molar-refractivity contribution in [3.8, 4) is 17.2 Å². The zero-order chi connectivity index (χ0) is 19.4. The minimum absolute atomic E-state index is 0.309. The van der Waals surface area contributed by atoms with E-state index in [0.29, 0.717) is 27.8 Å². The molecule has 0 atom stereocenters. The Balaban J connectivity index is 2.04. The number of carbonyl (C=O) groups excluding carboxylic acids is 1. The highest BCUT2D eigenvalue weighted by Gasteiger charge is 2.13. The van der Waals surface area contributed by atoms with Crippen molar-refractivity contribution < 1.29 is 19.0 Å². The number of fused-ring (bicyclic) bond motifs is 1. The lowest BCUT2D eigenvalue weighted by atomic mass is 10.1. The second-order valence-corrected chi connectivity index (χ2v) is 6.16. The van der Waals surface area contributed by atoms with Gasteiger partial charge in [0, 0.05) is 29.0 Å². The number of carbonyl (C=O) groups is 1. The van der Waals surface area contributed by atoms with Gasteiger partial charge in [-0.25, -0.2) is 4.98 Å². The van der Waals surface area contributed by atoms with Gasteiger partial charge >= 0.3 is 5.97 Å². The molecule has 0 amide bonds. The summed E-state index contributed by atoms with van der Waals surface area (Å²) < 4.78 is 16.0. The van der Waals surface area contributed by atoms with Gasteiger partial charge < -0.3 is 14.2 Å². The largest absolute Gasteiger partial charge is 0.494 e. The van der Waals surface area contributed by atoms with E-state index in [-0.39, 0.29) is 0 Å². The average molecular weight is 384 g/mol. The summed E-state index contributed by atoms with van der Waals surface area (Å²) in [6, 6.07) is 12.9. The summed E-state index contributed by atoms with van der Waals surface area (Å²) in [6.07, 6.45) is 3.58. The molecule has 0 aliphatic rings. The second kappa shape index (κ2) is 8.10. The van der Waals surface area contributed by atoms with Crippen LogP contribution < -0.4 is 14.2 Å². The molecule has 0 N–H and O–H groups in total. The number of pyridine rings is 1. The van der Waals surface area contributed by atoms with E-state index in [1.165, 1.54) is 14.0 Å². The monoisotopic (exact) mass is 383 g/mol.